The Hall–Kier alpha value is -4.97. The Morgan fingerprint density at radius 2 is 1.76 bits per heavy atom. The third kappa shape index (κ3) is 4.56. The zero-order valence-corrected chi connectivity index (χ0v) is 27.3. The number of carbonyl (C=O) groups is 2. The van der Waals surface area contributed by atoms with E-state index in [0.717, 1.165) is 61.3 Å². The van der Waals surface area contributed by atoms with Crippen molar-refractivity contribution in [3.8, 4) is 33.9 Å². The number of nitrogen functional groups attached to an aromatic ring is 1. The van der Waals surface area contributed by atoms with Crippen LogP contribution in [-0.4, -0.2) is 79.6 Å². The minimum absolute atomic E-state index is 0.0502. The maximum atomic E-state index is 12.8. The second kappa shape index (κ2) is 11.3. The van der Waals surface area contributed by atoms with Gasteiger partial charge >= 0.3 is 0 Å². The van der Waals surface area contributed by atoms with Gasteiger partial charge in [0.2, 0.25) is 11.8 Å². The number of phenolic OH excluding ortho intramolecular Hbond substituents is 1. The lowest BCUT2D eigenvalue weighted by atomic mass is 9.39. The first kappa shape index (κ1) is 30.1. The molecular formula is C37H40N8O4. The molecule has 4 N–H and O–H groups in total. The van der Waals surface area contributed by atoms with Gasteiger partial charge in [-0.1, -0.05) is 24.3 Å². The lowest BCUT2D eigenvalue weighted by molar-refractivity contribution is -0.157. The zero-order chi connectivity index (χ0) is 33.3. The average molecular weight is 661 g/mol. The van der Waals surface area contributed by atoms with Crippen molar-refractivity contribution in [3.05, 3.63) is 66.5 Å². The van der Waals surface area contributed by atoms with Crippen molar-refractivity contribution in [3.63, 3.8) is 0 Å². The maximum Gasteiger partial charge on any atom is 0.249 e. The second-order valence-electron chi connectivity index (χ2n) is 14.2. The van der Waals surface area contributed by atoms with E-state index >= 15 is 0 Å². The van der Waals surface area contributed by atoms with Crippen molar-refractivity contribution in [1.29, 1.82) is 0 Å². The Kier molecular flexibility index (Phi) is 6.94. The first-order chi connectivity index (χ1) is 23.9. The molecule has 49 heavy (non-hydrogen) atoms. The fraction of sp³-hybridized carbons (Fsp3) is 0.432. The van der Waals surface area contributed by atoms with Crippen molar-refractivity contribution < 1.29 is 19.4 Å². The van der Waals surface area contributed by atoms with Crippen molar-refractivity contribution in [1.82, 2.24) is 30.2 Å². The number of hydrogen-bond acceptors (Lipinski definition) is 10. The number of aromatic nitrogens is 4. The SMILES string of the molecule is Nc1nnc(-c2ccccc2O)cc1-c1cnn(C2CCN(C34CCC3(c3cccc5c3OCCN5C3CCC(=O)NC3=O)CC4)CC2)c1. The molecule has 2 amide bonds. The molecule has 1 atom stereocenters. The molecule has 1 unspecified atom stereocenters. The lowest BCUT2D eigenvalue weighted by Crippen LogP contribution is -2.76. The van der Waals surface area contributed by atoms with Crippen LogP contribution in [0.4, 0.5) is 11.5 Å². The van der Waals surface area contributed by atoms with Gasteiger partial charge in [0.15, 0.2) is 5.82 Å². The van der Waals surface area contributed by atoms with E-state index in [4.69, 9.17) is 15.6 Å². The topological polar surface area (TPSA) is 152 Å². The first-order valence-electron chi connectivity index (χ1n) is 17.4. The number of nitrogens with zero attached hydrogens (tertiary/aromatic N) is 6. The molecule has 2 aromatic heterocycles. The molecule has 9 rings (SSSR count). The monoisotopic (exact) mass is 660 g/mol. The highest BCUT2D eigenvalue weighted by atomic mass is 16.5. The minimum atomic E-state index is -0.354. The second-order valence-corrected chi connectivity index (χ2v) is 14.2. The normalized spacial score (nSPS) is 26.9. The summed E-state index contributed by atoms with van der Waals surface area (Å²) in [6.45, 7) is 3.15. The number of nitrogens with one attached hydrogen (secondary N) is 1. The van der Waals surface area contributed by atoms with E-state index < -0.39 is 0 Å². The summed E-state index contributed by atoms with van der Waals surface area (Å²) >= 11 is 0. The number of carbonyl (C=O) groups excluding carboxylic acids is 2. The average Bonchev–Trinajstić information content (AvgIpc) is 3.60. The maximum absolute atomic E-state index is 12.8. The van der Waals surface area contributed by atoms with Crippen LogP contribution >= 0.6 is 0 Å². The fourth-order valence-electron chi connectivity index (χ4n) is 9.46. The number of anilines is 2. The van der Waals surface area contributed by atoms with Crippen LogP contribution in [0, 0.1) is 0 Å². The Bertz CT molecular complexity index is 1960. The Morgan fingerprint density at radius 1 is 0.939 bits per heavy atom. The van der Waals surface area contributed by atoms with Gasteiger partial charge in [-0.05, 0) is 69.2 Å². The van der Waals surface area contributed by atoms with E-state index in [9.17, 15) is 14.7 Å². The summed E-state index contributed by atoms with van der Waals surface area (Å²) in [4.78, 5) is 29.6. The van der Waals surface area contributed by atoms with Crippen LogP contribution in [0.1, 0.15) is 63.0 Å². The van der Waals surface area contributed by atoms with Crippen LogP contribution in [0.15, 0.2) is 60.9 Å². The van der Waals surface area contributed by atoms with Gasteiger partial charge in [-0.15, -0.1) is 10.2 Å². The number of hydrogen-bond donors (Lipinski definition) is 3. The molecule has 12 nitrogen and oxygen atoms in total. The van der Waals surface area contributed by atoms with Crippen molar-refractivity contribution in [2.45, 2.75) is 74.4 Å². The highest BCUT2D eigenvalue weighted by Crippen LogP contribution is 2.69. The molecule has 0 spiro atoms. The van der Waals surface area contributed by atoms with Gasteiger partial charge in [0, 0.05) is 58.9 Å². The number of likely N-dealkylation sites (tertiary alicyclic amines) is 1. The molecule has 0 bridgehead atoms. The minimum Gasteiger partial charge on any atom is -0.507 e. The number of amides is 2. The third-order valence-electron chi connectivity index (χ3n) is 12.2. The summed E-state index contributed by atoms with van der Waals surface area (Å²) in [6.07, 6.45) is 11.4. The number of ether oxygens (including phenoxy) is 1. The van der Waals surface area contributed by atoms with Crippen LogP contribution in [-0.2, 0) is 15.0 Å². The van der Waals surface area contributed by atoms with E-state index in [2.05, 4.69) is 54.4 Å². The van der Waals surface area contributed by atoms with Crippen LogP contribution in [0.2, 0.25) is 0 Å². The molecule has 2 saturated carbocycles. The Labute approximate surface area is 284 Å². The largest absolute Gasteiger partial charge is 0.507 e. The van der Waals surface area contributed by atoms with Crippen molar-refractivity contribution in [2.24, 2.45) is 0 Å². The molecule has 2 saturated heterocycles. The van der Waals surface area contributed by atoms with Crippen LogP contribution in [0.5, 0.6) is 11.5 Å². The zero-order valence-electron chi connectivity index (χ0n) is 27.3. The summed E-state index contributed by atoms with van der Waals surface area (Å²) < 4.78 is 8.50. The van der Waals surface area contributed by atoms with Crippen LogP contribution in [0.25, 0.3) is 22.4 Å². The van der Waals surface area contributed by atoms with Crippen LogP contribution < -0.4 is 20.7 Å². The van der Waals surface area contributed by atoms with E-state index in [1.165, 1.54) is 18.4 Å². The highest BCUT2D eigenvalue weighted by Gasteiger charge is 2.69. The predicted octanol–water partition coefficient (Wildman–Crippen LogP) is 4.20. The smallest absolute Gasteiger partial charge is 0.249 e. The number of piperidine rings is 2. The summed E-state index contributed by atoms with van der Waals surface area (Å²) in [6, 6.07) is 15.3. The van der Waals surface area contributed by atoms with Gasteiger partial charge in [0.1, 0.15) is 24.1 Å². The molecule has 12 heteroatoms. The number of benzene rings is 2. The summed E-state index contributed by atoms with van der Waals surface area (Å²) in [7, 11) is 0. The molecule has 2 aliphatic carbocycles. The molecule has 5 heterocycles. The molecule has 0 radical (unpaired) electrons. The number of aromatic hydroxyl groups is 1. The number of phenols is 1. The van der Waals surface area contributed by atoms with E-state index in [1.807, 2.05) is 24.4 Å². The van der Waals surface area contributed by atoms with Gasteiger partial charge in [-0.3, -0.25) is 24.5 Å². The van der Waals surface area contributed by atoms with Gasteiger partial charge < -0.3 is 20.5 Å². The van der Waals surface area contributed by atoms with E-state index in [0.29, 0.717) is 43.1 Å². The standard InChI is InChI=1S/C37H40N8O4/c38-34-26(20-28(41-42-34)25-4-1-2-7-31(25)46)23-21-39-45(22-23)24-10-16-43(17-11-24)37-14-12-36(37,13-15-37)27-5-3-6-29-33(27)49-19-18-44(29)30-8-9-32(47)40-35(30)48/h1-7,20-22,24,30,46H,8-19H2,(H2,38,42)(H,40,47,48). The van der Waals surface area contributed by atoms with Gasteiger partial charge in [-0.25, -0.2) is 0 Å². The predicted molar refractivity (Wildman–Crippen MR) is 183 cm³/mol. The number of rotatable bonds is 6. The molecular weight excluding hydrogens is 620 g/mol. The molecule has 4 aromatic rings. The summed E-state index contributed by atoms with van der Waals surface area (Å²) in [5.41, 5.74) is 11.5. The number of nitrogens with two attached hydrogens (primary N) is 1. The first-order valence-corrected chi connectivity index (χ1v) is 17.4. The number of para-hydroxylation sites is 2. The van der Waals surface area contributed by atoms with Gasteiger partial charge in [0.25, 0.3) is 0 Å². The van der Waals surface area contributed by atoms with Gasteiger partial charge in [-0.2, -0.15) is 5.10 Å². The number of fused-ring (bicyclic) bond motifs is 2. The molecule has 2 aromatic carbocycles. The Balaban J connectivity index is 0.923. The lowest BCUT2D eigenvalue weighted by Gasteiger charge is -2.73. The van der Waals surface area contributed by atoms with Crippen molar-refractivity contribution in [2.75, 3.05) is 36.9 Å². The van der Waals surface area contributed by atoms with Crippen LogP contribution in [0.3, 0.4) is 0 Å². The Morgan fingerprint density at radius 3 is 2.51 bits per heavy atom. The number of imide groups is 1. The quantitative estimate of drug-likeness (QED) is 0.257. The van der Waals surface area contributed by atoms with E-state index in [1.54, 1.807) is 12.1 Å². The van der Waals surface area contributed by atoms with E-state index in [-0.39, 0.29) is 40.6 Å². The summed E-state index contributed by atoms with van der Waals surface area (Å²) in [5, 5.41) is 26.1. The molecule has 4 fully saturated rings. The molecule has 252 valence electrons. The highest BCUT2D eigenvalue weighted by molar-refractivity contribution is 6.02. The third-order valence-corrected chi connectivity index (χ3v) is 12.2. The molecule has 3 aliphatic heterocycles. The van der Waals surface area contributed by atoms with Gasteiger partial charge in [0.05, 0.1) is 30.2 Å². The summed E-state index contributed by atoms with van der Waals surface area (Å²) in [5.74, 6) is 0.996. The molecule has 5 aliphatic rings. The van der Waals surface area contributed by atoms with Crippen molar-refractivity contribution >= 4 is 23.3 Å². The fourth-order valence-corrected chi connectivity index (χ4v) is 9.46.